The maximum absolute atomic E-state index is 6.05. The highest BCUT2D eigenvalue weighted by Crippen LogP contribution is 2.34. The van der Waals surface area contributed by atoms with Crippen molar-refractivity contribution in [2.24, 2.45) is 4.99 Å². The summed E-state index contributed by atoms with van der Waals surface area (Å²) in [5.41, 5.74) is 4.68. The van der Waals surface area contributed by atoms with E-state index in [1.165, 1.54) is 21.4 Å². The number of nitrogens with zero attached hydrogens (tertiary/aromatic N) is 1. The molecule has 2 aromatic heterocycles. The number of halogens is 1. The number of fused-ring (bicyclic) bond motifs is 1. The fraction of sp³-hybridized carbons (Fsp3) is 0.188. The van der Waals surface area contributed by atoms with E-state index < -0.39 is 0 Å². The molecule has 4 rings (SSSR count). The van der Waals surface area contributed by atoms with Crippen molar-refractivity contribution < 1.29 is 0 Å². The second-order valence-electron chi connectivity index (χ2n) is 5.15. The average molecular weight is 316 g/mol. The zero-order valence-electron chi connectivity index (χ0n) is 11.5. The van der Waals surface area contributed by atoms with Gasteiger partial charge in [-0.2, -0.15) is 0 Å². The number of aromatic nitrogens is 1. The van der Waals surface area contributed by atoms with E-state index in [1.54, 1.807) is 11.3 Å². The summed E-state index contributed by atoms with van der Waals surface area (Å²) in [6.45, 7) is 3.86. The molecule has 0 saturated carbocycles. The molecule has 0 unspecified atom stereocenters. The average Bonchev–Trinajstić information content (AvgIpc) is 3.16. The highest BCUT2D eigenvalue weighted by Gasteiger charge is 2.17. The molecule has 106 valence electrons. The predicted octanol–water partition coefficient (Wildman–Crippen LogP) is 4.21. The molecule has 1 aliphatic rings. The van der Waals surface area contributed by atoms with Crippen molar-refractivity contribution in [2.45, 2.75) is 6.92 Å². The monoisotopic (exact) mass is 315 g/mol. The van der Waals surface area contributed by atoms with Gasteiger partial charge in [-0.1, -0.05) is 17.7 Å². The summed E-state index contributed by atoms with van der Waals surface area (Å²) in [7, 11) is 0. The van der Waals surface area contributed by atoms with E-state index in [0.29, 0.717) is 0 Å². The predicted molar refractivity (Wildman–Crippen MR) is 90.8 cm³/mol. The van der Waals surface area contributed by atoms with Crippen LogP contribution in [0.3, 0.4) is 0 Å². The molecule has 3 nitrogen and oxygen atoms in total. The fourth-order valence-corrected chi connectivity index (χ4v) is 3.86. The minimum absolute atomic E-state index is 0.817. The molecule has 0 saturated heterocycles. The summed E-state index contributed by atoms with van der Waals surface area (Å²) in [4.78, 5) is 9.20. The first-order valence-corrected chi connectivity index (χ1v) is 8.08. The second kappa shape index (κ2) is 4.90. The zero-order valence-corrected chi connectivity index (χ0v) is 13.1. The molecule has 0 radical (unpaired) electrons. The molecular formula is C16H14ClN3S. The standard InChI is InChI=1S/C16H14ClN3S/c1-9-15(16-18-6-7-19-16)11-8-10(2-3-12(11)20-9)13-4-5-14(17)21-13/h2-5,8,20H,6-7H2,1H3,(H,18,19). The van der Waals surface area contributed by atoms with Gasteiger partial charge >= 0.3 is 0 Å². The van der Waals surface area contributed by atoms with E-state index in [1.807, 2.05) is 6.07 Å². The molecular weight excluding hydrogens is 302 g/mol. The summed E-state index contributed by atoms with van der Waals surface area (Å²) >= 11 is 7.65. The number of aryl methyl sites for hydroxylation is 1. The smallest absolute Gasteiger partial charge is 0.130 e. The van der Waals surface area contributed by atoms with Crippen molar-refractivity contribution in [3.63, 3.8) is 0 Å². The molecule has 0 fully saturated rings. The lowest BCUT2D eigenvalue weighted by Crippen LogP contribution is -2.19. The van der Waals surface area contributed by atoms with Crippen LogP contribution in [0.4, 0.5) is 0 Å². The first-order valence-electron chi connectivity index (χ1n) is 6.89. The highest BCUT2D eigenvalue weighted by atomic mass is 35.5. The van der Waals surface area contributed by atoms with Gasteiger partial charge in [0, 0.05) is 33.6 Å². The minimum atomic E-state index is 0.817. The quantitative estimate of drug-likeness (QED) is 0.730. The number of hydrogen-bond acceptors (Lipinski definition) is 3. The van der Waals surface area contributed by atoms with Gasteiger partial charge in [-0.05, 0) is 36.8 Å². The van der Waals surface area contributed by atoms with Crippen LogP contribution < -0.4 is 5.32 Å². The molecule has 1 aliphatic heterocycles. The Labute approximate surface area is 131 Å². The van der Waals surface area contributed by atoms with Gasteiger partial charge in [0.25, 0.3) is 0 Å². The van der Waals surface area contributed by atoms with Crippen molar-refractivity contribution in [2.75, 3.05) is 13.1 Å². The van der Waals surface area contributed by atoms with Crippen molar-refractivity contribution in [1.82, 2.24) is 10.3 Å². The van der Waals surface area contributed by atoms with Gasteiger partial charge in [-0.3, -0.25) is 4.99 Å². The van der Waals surface area contributed by atoms with Gasteiger partial charge in [-0.15, -0.1) is 11.3 Å². The maximum Gasteiger partial charge on any atom is 0.130 e. The molecule has 0 bridgehead atoms. The van der Waals surface area contributed by atoms with Crippen molar-refractivity contribution in [3.05, 3.63) is 45.9 Å². The van der Waals surface area contributed by atoms with Crippen LogP contribution in [0.25, 0.3) is 21.3 Å². The Morgan fingerprint density at radius 2 is 2.14 bits per heavy atom. The number of thiophene rings is 1. The molecule has 3 aromatic rings. The number of amidine groups is 1. The number of rotatable bonds is 2. The topological polar surface area (TPSA) is 40.2 Å². The number of H-pyrrole nitrogens is 1. The Morgan fingerprint density at radius 3 is 2.86 bits per heavy atom. The molecule has 3 heterocycles. The minimum Gasteiger partial charge on any atom is -0.368 e. The molecule has 0 spiro atoms. The van der Waals surface area contributed by atoms with Gasteiger partial charge in [0.15, 0.2) is 0 Å². The summed E-state index contributed by atoms with van der Waals surface area (Å²) in [5.74, 6) is 1.00. The van der Waals surface area contributed by atoms with Crippen LogP contribution in [-0.2, 0) is 0 Å². The van der Waals surface area contributed by atoms with Crippen LogP contribution in [0.15, 0.2) is 35.3 Å². The zero-order chi connectivity index (χ0) is 14.4. The lowest BCUT2D eigenvalue weighted by atomic mass is 10.1. The van der Waals surface area contributed by atoms with Crippen LogP contribution in [0.2, 0.25) is 4.34 Å². The highest BCUT2D eigenvalue weighted by molar-refractivity contribution is 7.19. The molecule has 21 heavy (non-hydrogen) atoms. The van der Waals surface area contributed by atoms with Crippen molar-refractivity contribution >= 4 is 39.7 Å². The number of nitrogens with one attached hydrogen (secondary N) is 2. The lowest BCUT2D eigenvalue weighted by Gasteiger charge is -2.03. The largest absolute Gasteiger partial charge is 0.368 e. The van der Waals surface area contributed by atoms with E-state index >= 15 is 0 Å². The van der Waals surface area contributed by atoms with Crippen LogP contribution in [0.1, 0.15) is 11.3 Å². The fourth-order valence-electron chi connectivity index (χ4n) is 2.82. The van der Waals surface area contributed by atoms with E-state index in [0.717, 1.165) is 34.5 Å². The first-order chi connectivity index (χ1) is 10.2. The van der Waals surface area contributed by atoms with Crippen molar-refractivity contribution in [1.29, 1.82) is 0 Å². The Balaban J connectivity index is 1.91. The SMILES string of the molecule is Cc1[nH]c2ccc(-c3ccc(Cl)s3)cc2c1C1=NCCN1. The Kier molecular flexibility index (Phi) is 3.01. The lowest BCUT2D eigenvalue weighted by molar-refractivity contribution is 0.960. The number of benzene rings is 1. The van der Waals surface area contributed by atoms with Crippen LogP contribution in [0.5, 0.6) is 0 Å². The van der Waals surface area contributed by atoms with Gasteiger partial charge in [-0.25, -0.2) is 0 Å². The van der Waals surface area contributed by atoms with E-state index in [9.17, 15) is 0 Å². The number of aromatic amines is 1. The third-order valence-corrected chi connectivity index (χ3v) is 5.03. The van der Waals surface area contributed by atoms with Crippen LogP contribution in [-0.4, -0.2) is 23.9 Å². The summed E-state index contributed by atoms with van der Waals surface area (Å²) in [6.07, 6.45) is 0. The summed E-state index contributed by atoms with van der Waals surface area (Å²) in [5, 5.41) is 4.58. The third kappa shape index (κ3) is 2.15. The Hall–Kier alpha value is -1.78. The molecule has 5 heteroatoms. The summed E-state index contributed by atoms with van der Waals surface area (Å²) in [6, 6.07) is 10.5. The van der Waals surface area contributed by atoms with Gasteiger partial charge in [0.2, 0.25) is 0 Å². The Bertz CT molecular complexity index is 860. The van der Waals surface area contributed by atoms with Crippen LogP contribution in [0, 0.1) is 6.92 Å². The van der Waals surface area contributed by atoms with Crippen LogP contribution >= 0.6 is 22.9 Å². The first kappa shape index (κ1) is 12.9. The molecule has 0 atom stereocenters. The molecule has 0 amide bonds. The Morgan fingerprint density at radius 1 is 1.24 bits per heavy atom. The molecule has 0 aliphatic carbocycles. The number of aliphatic imine (C=N–C) groups is 1. The second-order valence-corrected chi connectivity index (χ2v) is 6.86. The summed E-state index contributed by atoms with van der Waals surface area (Å²) < 4.78 is 0.817. The number of hydrogen-bond donors (Lipinski definition) is 2. The van der Waals surface area contributed by atoms with Gasteiger partial charge in [0.05, 0.1) is 10.9 Å². The van der Waals surface area contributed by atoms with Gasteiger partial charge in [0.1, 0.15) is 5.84 Å². The normalized spacial score (nSPS) is 14.5. The maximum atomic E-state index is 6.05. The van der Waals surface area contributed by atoms with Gasteiger partial charge < -0.3 is 10.3 Å². The molecule has 1 aromatic carbocycles. The van der Waals surface area contributed by atoms with E-state index in [4.69, 9.17) is 11.6 Å². The third-order valence-electron chi connectivity index (χ3n) is 3.75. The van der Waals surface area contributed by atoms with Crippen molar-refractivity contribution in [3.8, 4) is 10.4 Å². The van der Waals surface area contributed by atoms with E-state index in [2.05, 4.69) is 46.5 Å². The molecule has 2 N–H and O–H groups in total. The van der Waals surface area contributed by atoms with E-state index in [-0.39, 0.29) is 0 Å².